The number of amides is 1. The van der Waals surface area contributed by atoms with E-state index in [-0.39, 0.29) is 18.0 Å². The second-order valence-electron chi connectivity index (χ2n) is 7.08. The molecule has 6 nitrogen and oxygen atoms in total. The first-order valence-corrected chi connectivity index (χ1v) is 9.84. The maximum atomic E-state index is 12.9. The average Bonchev–Trinajstić information content (AvgIpc) is 2.72. The fourth-order valence-corrected chi connectivity index (χ4v) is 3.61. The summed E-state index contributed by atoms with van der Waals surface area (Å²) in [5.74, 6) is 0.0268. The molecule has 0 fully saturated rings. The van der Waals surface area contributed by atoms with E-state index in [1.807, 2.05) is 24.4 Å². The van der Waals surface area contributed by atoms with Gasteiger partial charge in [0, 0.05) is 25.1 Å². The number of unbranched alkanes of at least 4 members (excludes halogenated alkanes) is 1. The highest BCUT2D eigenvalue weighted by atomic mass is 16.2. The summed E-state index contributed by atoms with van der Waals surface area (Å²) >= 11 is 0. The third kappa shape index (κ3) is 5.58. The van der Waals surface area contributed by atoms with Crippen molar-refractivity contribution in [2.45, 2.75) is 57.2 Å². The van der Waals surface area contributed by atoms with Gasteiger partial charge in [-0.15, -0.1) is 0 Å². The monoisotopic (exact) mass is 367 g/mol. The van der Waals surface area contributed by atoms with Gasteiger partial charge in [0.1, 0.15) is 0 Å². The van der Waals surface area contributed by atoms with Crippen molar-refractivity contribution in [3.05, 3.63) is 59.7 Å². The van der Waals surface area contributed by atoms with Gasteiger partial charge < -0.3 is 11.1 Å². The fourth-order valence-electron chi connectivity index (χ4n) is 3.61. The molecule has 0 spiro atoms. The molecule has 0 bridgehead atoms. The Kier molecular flexibility index (Phi) is 7.30. The first-order valence-electron chi connectivity index (χ1n) is 9.84. The van der Waals surface area contributed by atoms with Crippen molar-refractivity contribution in [2.24, 2.45) is 5.73 Å². The molecular weight excluding hydrogens is 338 g/mol. The molecule has 0 saturated carbocycles. The van der Waals surface area contributed by atoms with Crippen molar-refractivity contribution < 1.29 is 4.79 Å². The molecule has 2 aromatic rings. The van der Waals surface area contributed by atoms with Crippen LogP contribution in [0.25, 0.3) is 0 Å². The molecule has 0 radical (unpaired) electrons. The van der Waals surface area contributed by atoms with Crippen molar-refractivity contribution in [1.82, 2.24) is 20.6 Å². The topological polar surface area (TPSA) is 92.9 Å². The second kappa shape index (κ2) is 10.1. The lowest BCUT2D eigenvalue weighted by molar-refractivity contribution is -0.123. The number of nitrogens with one attached hydrogen (secondary N) is 2. The van der Waals surface area contributed by atoms with Crippen LogP contribution >= 0.6 is 0 Å². The Labute approximate surface area is 161 Å². The van der Waals surface area contributed by atoms with Crippen molar-refractivity contribution >= 4 is 5.91 Å². The number of aromatic nitrogens is 2. The molecule has 2 heterocycles. The minimum Gasteiger partial charge on any atom is -0.351 e. The van der Waals surface area contributed by atoms with Crippen LogP contribution in [0.15, 0.2) is 42.9 Å². The van der Waals surface area contributed by atoms with Crippen LogP contribution in [0.3, 0.4) is 0 Å². The highest BCUT2D eigenvalue weighted by Gasteiger charge is 2.26. The zero-order chi connectivity index (χ0) is 18.9. The number of fused-ring (bicyclic) bond motifs is 1. The van der Waals surface area contributed by atoms with E-state index in [0.29, 0.717) is 13.1 Å². The molecule has 2 atom stereocenters. The summed E-state index contributed by atoms with van der Waals surface area (Å²) in [6.07, 6.45) is 11.2. The molecule has 144 valence electrons. The van der Waals surface area contributed by atoms with Crippen LogP contribution in [0, 0.1) is 0 Å². The number of hydrogen-bond acceptors (Lipinski definition) is 5. The highest BCUT2D eigenvalue weighted by molar-refractivity contribution is 5.81. The van der Waals surface area contributed by atoms with E-state index < -0.39 is 0 Å². The lowest BCUT2D eigenvalue weighted by Gasteiger charge is -2.29. The molecule has 0 saturated heterocycles. The van der Waals surface area contributed by atoms with Crippen LogP contribution in [0.1, 0.15) is 55.0 Å². The van der Waals surface area contributed by atoms with E-state index in [2.05, 4.69) is 26.7 Å². The van der Waals surface area contributed by atoms with Gasteiger partial charge in [-0.1, -0.05) is 18.6 Å². The van der Waals surface area contributed by atoms with Gasteiger partial charge in [0.15, 0.2) is 0 Å². The van der Waals surface area contributed by atoms with Crippen molar-refractivity contribution in [2.75, 3.05) is 6.54 Å². The van der Waals surface area contributed by atoms with Crippen LogP contribution < -0.4 is 16.4 Å². The van der Waals surface area contributed by atoms with Gasteiger partial charge in [-0.25, -0.2) is 0 Å². The molecule has 1 aliphatic carbocycles. The van der Waals surface area contributed by atoms with Gasteiger partial charge in [-0.3, -0.25) is 20.1 Å². The molecule has 0 aliphatic heterocycles. The number of carbonyl (C=O) groups is 1. The largest absolute Gasteiger partial charge is 0.351 e. The van der Waals surface area contributed by atoms with Crippen LogP contribution in [0.5, 0.6) is 0 Å². The fraction of sp³-hybridized carbons (Fsp3) is 0.476. The van der Waals surface area contributed by atoms with Crippen molar-refractivity contribution in [1.29, 1.82) is 0 Å². The molecule has 6 heteroatoms. The third-order valence-corrected chi connectivity index (χ3v) is 5.05. The van der Waals surface area contributed by atoms with Gasteiger partial charge >= 0.3 is 0 Å². The minimum absolute atomic E-state index is 0.0268. The predicted molar refractivity (Wildman–Crippen MR) is 106 cm³/mol. The summed E-state index contributed by atoms with van der Waals surface area (Å²) in [4.78, 5) is 21.5. The summed E-state index contributed by atoms with van der Waals surface area (Å²) in [6, 6.07) is 7.85. The molecule has 4 N–H and O–H groups in total. The van der Waals surface area contributed by atoms with E-state index in [1.54, 1.807) is 12.4 Å². The molecule has 27 heavy (non-hydrogen) atoms. The lowest BCUT2D eigenvalue weighted by atomic mass is 9.91. The maximum absolute atomic E-state index is 12.9. The SMILES string of the molecule is NCCCCC(NC1CCCc2cccnc21)C(=O)NCc1cccnc1. The van der Waals surface area contributed by atoms with Gasteiger partial charge in [-0.2, -0.15) is 0 Å². The first kappa shape index (κ1) is 19.5. The first-order chi connectivity index (χ1) is 13.3. The Bertz CT molecular complexity index is 722. The summed E-state index contributed by atoms with van der Waals surface area (Å²) < 4.78 is 0. The molecule has 3 rings (SSSR count). The minimum atomic E-state index is -0.244. The summed E-state index contributed by atoms with van der Waals surface area (Å²) in [5, 5.41) is 6.62. The summed E-state index contributed by atoms with van der Waals surface area (Å²) in [5.41, 5.74) is 9.01. The van der Waals surface area contributed by atoms with Gasteiger partial charge in [0.2, 0.25) is 5.91 Å². The number of hydrogen-bond donors (Lipinski definition) is 3. The van der Waals surface area contributed by atoms with Crippen LogP contribution in [0.2, 0.25) is 0 Å². The van der Waals surface area contributed by atoms with Crippen LogP contribution in [-0.4, -0.2) is 28.5 Å². The van der Waals surface area contributed by atoms with E-state index in [4.69, 9.17) is 5.73 Å². The Balaban J connectivity index is 1.65. The molecule has 1 amide bonds. The molecule has 2 unspecified atom stereocenters. The quantitative estimate of drug-likeness (QED) is 0.591. The Morgan fingerprint density at radius 1 is 1.26 bits per heavy atom. The standard InChI is InChI=1S/C21H29N5O/c22-11-2-1-9-19(21(27)25-15-16-6-4-12-23-14-16)26-18-10-3-7-17-8-5-13-24-20(17)18/h4-6,8,12-14,18-19,26H,1-3,7,9-11,15,22H2,(H,25,27). The smallest absolute Gasteiger partial charge is 0.237 e. The second-order valence-corrected chi connectivity index (χ2v) is 7.08. The van der Waals surface area contributed by atoms with Crippen LogP contribution in [-0.2, 0) is 17.8 Å². The van der Waals surface area contributed by atoms with Gasteiger partial charge in [-0.05, 0) is 61.9 Å². The highest BCUT2D eigenvalue weighted by Crippen LogP contribution is 2.28. The number of pyridine rings is 2. The maximum Gasteiger partial charge on any atom is 0.237 e. The van der Waals surface area contributed by atoms with Crippen LogP contribution in [0.4, 0.5) is 0 Å². The van der Waals surface area contributed by atoms with Gasteiger partial charge in [0.05, 0.1) is 17.8 Å². The average molecular weight is 367 g/mol. The Morgan fingerprint density at radius 2 is 2.15 bits per heavy atom. The summed E-state index contributed by atoms with van der Waals surface area (Å²) in [7, 11) is 0. The van der Waals surface area contributed by atoms with Gasteiger partial charge in [0.25, 0.3) is 0 Å². The number of nitrogens with two attached hydrogens (primary N) is 1. The lowest BCUT2D eigenvalue weighted by Crippen LogP contribution is -2.46. The molecular formula is C21H29N5O. The number of rotatable bonds is 9. The normalized spacial score (nSPS) is 17.1. The van der Waals surface area contributed by atoms with E-state index >= 15 is 0 Å². The van der Waals surface area contributed by atoms with E-state index in [9.17, 15) is 4.79 Å². The van der Waals surface area contributed by atoms with E-state index in [1.165, 1.54) is 5.56 Å². The predicted octanol–water partition coefficient (Wildman–Crippen LogP) is 2.26. The molecule has 0 aromatic carbocycles. The number of nitrogens with zero attached hydrogens (tertiary/aromatic N) is 2. The summed E-state index contributed by atoms with van der Waals surface area (Å²) in [6.45, 7) is 1.14. The number of aryl methyl sites for hydroxylation is 1. The molecule has 2 aromatic heterocycles. The van der Waals surface area contributed by atoms with Crippen molar-refractivity contribution in [3.63, 3.8) is 0 Å². The zero-order valence-corrected chi connectivity index (χ0v) is 15.7. The Morgan fingerprint density at radius 3 is 2.96 bits per heavy atom. The Hall–Kier alpha value is -2.31. The number of carbonyl (C=O) groups excluding carboxylic acids is 1. The third-order valence-electron chi connectivity index (χ3n) is 5.05. The zero-order valence-electron chi connectivity index (χ0n) is 15.7. The van der Waals surface area contributed by atoms with E-state index in [0.717, 1.165) is 49.8 Å². The molecule has 1 aliphatic rings. The van der Waals surface area contributed by atoms with Crippen molar-refractivity contribution in [3.8, 4) is 0 Å².